The molecule has 1 amide bonds. The molecular weight excluding hydrogens is 387 g/mol. The normalized spacial score (nSPS) is 14.4. The quantitative estimate of drug-likeness (QED) is 0.293. The fourth-order valence-corrected chi connectivity index (χ4v) is 2.07. The Morgan fingerprint density at radius 2 is 1.96 bits per heavy atom. The van der Waals surface area contributed by atoms with Gasteiger partial charge in [-0.2, -0.15) is 0 Å². The minimum Gasteiger partial charge on any atom is -0.465 e. The van der Waals surface area contributed by atoms with Crippen LogP contribution in [-0.4, -0.2) is 35.3 Å². The maximum absolute atomic E-state index is 11.6. The first kappa shape index (κ1) is 21.5. The molecule has 0 spiro atoms. The second-order valence-electron chi connectivity index (χ2n) is 5.74. The molecule has 0 saturated carbocycles. The van der Waals surface area contributed by atoms with Gasteiger partial charge in [-0.1, -0.05) is 12.1 Å². The molecule has 2 aromatic rings. The van der Waals surface area contributed by atoms with Crippen LogP contribution < -0.4 is 21.5 Å². The zero-order valence-corrected chi connectivity index (χ0v) is 16.2. The molecule has 0 radical (unpaired) electrons. The molecule has 2 rings (SSSR count). The highest BCUT2D eigenvalue weighted by molar-refractivity contribution is 7.51. The molecule has 0 saturated heterocycles. The third-order valence-corrected chi connectivity index (χ3v) is 3.79. The van der Waals surface area contributed by atoms with Crippen molar-refractivity contribution < 1.29 is 23.5 Å². The lowest BCUT2D eigenvalue weighted by Crippen LogP contribution is -2.32. The van der Waals surface area contributed by atoms with Crippen LogP contribution in [0.2, 0.25) is 0 Å². The van der Waals surface area contributed by atoms with E-state index in [4.69, 9.17) is 21.1 Å². The molecule has 1 aromatic carbocycles. The number of nitrogens with two attached hydrogens (primary N) is 2. The van der Waals surface area contributed by atoms with Gasteiger partial charge in [-0.3, -0.25) is 13.9 Å². The van der Waals surface area contributed by atoms with Crippen molar-refractivity contribution in [1.29, 1.82) is 0 Å². The number of anilines is 2. The van der Waals surface area contributed by atoms with Crippen LogP contribution in [0.15, 0.2) is 46.6 Å². The summed E-state index contributed by atoms with van der Waals surface area (Å²) in [5.41, 5.74) is 12.0. The molecule has 150 valence electrons. The van der Waals surface area contributed by atoms with Crippen molar-refractivity contribution in [3.8, 4) is 5.75 Å². The number of pyridine rings is 1. The van der Waals surface area contributed by atoms with Crippen molar-refractivity contribution >= 4 is 36.5 Å². The van der Waals surface area contributed by atoms with Gasteiger partial charge in [-0.15, -0.1) is 10.2 Å². The molecule has 0 aliphatic rings. The number of aromatic nitrogens is 1. The number of carbonyl (C=O) groups is 1. The van der Waals surface area contributed by atoms with E-state index in [1.165, 1.54) is 12.1 Å². The Hall–Kier alpha value is -2.85. The summed E-state index contributed by atoms with van der Waals surface area (Å²) in [6, 6.07) is 9.01. The third-order valence-electron chi connectivity index (χ3n) is 3.20. The molecule has 0 aliphatic heterocycles. The fourth-order valence-electron chi connectivity index (χ4n) is 1.82. The Bertz CT molecular complexity index is 914. The first-order valence-electron chi connectivity index (χ1n) is 8.07. The zero-order valence-electron chi connectivity index (χ0n) is 15.3. The van der Waals surface area contributed by atoms with Crippen LogP contribution in [0.3, 0.4) is 0 Å². The molecular formula is C16H21N6O5P. The average molecular weight is 408 g/mol. The van der Waals surface area contributed by atoms with E-state index in [1.54, 1.807) is 31.2 Å². The van der Waals surface area contributed by atoms with Crippen molar-refractivity contribution in [2.75, 3.05) is 24.5 Å². The number of nitrogens with one attached hydrogen (secondary N) is 1. The van der Waals surface area contributed by atoms with E-state index in [9.17, 15) is 9.36 Å². The Balaban J connectivity index is 2.11. The number of nitrogen functional groups attached to an aromatic ring is 1. The summed E-state index contributed by atoms with van der Waals surface area (Å²) in [4.78, 5) is 24.7. The summed E-state index contributed by atoms with van der Waals surface area (Å²) in [7, 11) is -3.65. The predicted octanol–water partition coefficient (Wildman–Crippen LogP) is 2.53. The van der Waals surface area contributed by atoms with E-state index >= 15 is 0 Å². The third kappa shape index (κ3) is 6.71. The number of hydrogen-bond acceptors (Lipinski definition) is 9. The number of rotatable bonds is 8. The summed E-state index contributed by atoms with van der Waals surface area (Å²) < 4.78 is 21.1. The molecule has 0 bridgehead atoms. The standard InChI is InChI=1S/C16H21N6O5P/c1-10(17)16(23)20-14-8-7-12(15(18)19-14)22-21-11-5-3-4-6-13(11)26-9-27-28(2,24)25/h3-8,10H,9,17H2,1-2H3,(H,24,25)(H3,18,19,20,23)/b22-21+/t10-/m0/s1. The van der Waals surface area contributed by atoms with Crippen LogP contribution in [0.25, 0.3) is 0 Å². The number of nitrogens with zero attached hydrogens (tertiary/aromatic N) is 3. The SMILES string of the molecule is C[C@H](N)C(=O)Nc1ccc(/N=N/c2ccccc2OCOP(C)(=O)O)c(N)n1. The van der Waals surface area contributed by atoms with Gasteiger partial charge in [-0.05, 0) is 31.2 Å². The van der Waals surface area contributed by atoms with E-state index in [-0.39, 0.29) is 17.3 Å². The van der Waals surface area contributed by atoms with Gasteiger partial charge in [0.15, 0.2) is 12.6 Å². The molecule has 11 nitrogen and oxygen atoms in total. The number of carbonyl (C=O) groups excluding carboxylic acids is 1. The molecule has 1 heterocycles. The first-order chi connectivity index (χ1) is 13.2. The minimum atomic E-state index is -3.65. The summed E-state index contributed by atoms with van der Waals surface area (Å²) in [6.45, 7) is 2.18. The Labute approximate surface area is 161 Å². The van der Waals surface area contributed by atoms with Crippen LogP contribution in [0, 0.1) is 0 Å². The zero-order chi connectivity index (χ0) is 20.7. The van der Waals surface area contributed by atoms with E-state index in [2.05, 4.69) is 25.1 Å². The topological polar surface area (TPSA) is 175 Å². The number of para-hydroxylation sites is 1. The molecule has 6 N–H and O–H groups in total. The number of hydrogen-bond donors (Lipinski definition) is 4. The predicted molar refractivity (Wildman–Crippen MR) is 104 cm³/mol. The van der Waals surface area contributed by atoms with Crippen LogP contribution >= 0.6 is 7.60 Å². The number of benzene rings is 1. The Morgan fingerprint density at radius 3 is 2.61 bits per heavy atom. The average Bonchev–Trinajstić information content (AvgIpc) is 2.61. The minimum absolute atomic E-state index is 0.0557. The van der Waals surface area contributed by atoms with Gasteiger partial charge >= 0.3 is 7.60 Å². The van der Waals surface area contributed by atoms with Crippen LogP contribution in [-0.2, 0) is 13.9 Å². The second kappa shape index (κ2) is 9.38. The highest BCUT2D eigenvalue weighted by atomic mass is 31.2. The summed E-state index contributed by atoms with van der Waals surface area (Å²) in [6.07, 6.45) is 0. The summed E-state index contributed by atoms with van der Waals surface area (Å²) in [5.74, 6) is 0.203. The van der Waals surface area contributed by atoms with Gasteiger partial charge in [0, 0.05) is 6.66 Å². The van der Waals surface area contributed by atoms with Gasteiger partial charge in [0.25, 0.3) is 0 Å². The smallest absolute Gasteiger partial charge is 0.327 e. The van der Waals surface area contributed by atoms with E-state index < -0.39 is 26.3 Å². The molecule has 12 heteroatoms. The monoisotopic (exact) mass is 408 g/mol. The largest absolute Gasteiger partial charge is 0.465 e. The maximum atomic E-state index is 11.6. The fraction of sp³-hybridized carbons (Fsp3) is 0.250. The lowest BCUT2D eigenvalue weighted by molar-refractivity contribution is -0.117. The van der Waals surface area contributed by atoms with Crippen molar-refractivity contribution in [2.24, 2.45) is 16.0 Å². The number of azo groups is 1. The highest BCUT2D eigenvalue weighted by Gasteiger charge is 2.12. The van der Waals surface area contributed by atoms with Gasteiger partial charge < -0.3 is 26.4 Å². The van der Waals surface area contributed by atoms with Gasteiger partial charge in [0.1, 0.15) is 22.9 Å². The van der Waals surface area contributed by atoms with Crippen LogP contribution in [0.1, 0.15) is 6.92 Å². The second-order valence-corrected chi connectivity index (χ2v) is 7.60. The number of ether oxygens (including phenoxy) is 1. The van der Waals surface area contributed by atoms with Gasteiger partial charge in [-0.25, -0.2) is 4.98 Å². The van der Waals surface area contributed by atoms with Crippen molar-refractivity contribution in [3.05, 3.63) is 36.4 Å². The van der Waals surface area contributed by atoms with Crippen molar-refractivity contribution in [3.63, 3.8) is 0 Å². The molecule has 1 unspecified atom stereocenters. The molecule has 28 heavy (non-hydrogen) atoms. The van der Waals surface area contributed by atoms with Crippen molar-refractivity contribution in [1.82, 2.24) is 4.98 Å². The van der Waals surface area contributed by atoms with Gasteiger partial charge in [0.05, 0.1) is 6.04 Å². The Morgan fingerprint density at radius 1 is 1.29 bits per heavy atom. The van der Waals surface area contributed by atoms with E-state index in [1.807, 2.05) is 0 Å². The van der Waals surface area contributed by atoms with Crippen molar-refractivity contribution in [2.45, 2.75) is 13.0 Å². The van der Waals surface area contributed by atoms with Crippen LogP contribution in [0.4, 0.5) is 23.0 Å². The van der Waals surface area contributed by atoms with Crippen LogP contribution in [0.5, 0.6) is 5.75 Å². The molecule has 1 aromatic heterocycles. The number of amides is 1. The lowest BCUT2D eigenvalue weighted by atomic mass is 10.3. The Kier molecular flexibility index (Phi) is 7.18. The summed E-state index contributed by atoms with van der Waals surface area (Å²) >= 11 is 0. The molecule has 0 fully saturated rings. The molecule has 0 aliphatic carbocycles. The summed E-state index contributed by atoms with van der Waals surface area (Å²) in [5, 5.41) is 10.6. The molecule has 2 atom stereocenters. The highest BCUT2D eigenvalue weighted by Crippen LogP contribution is 2.37. The van der Waals surface area contributed by atoms with Gasteiger partial charge in [0.2, 0.25) is 5.91 Å². The van der Waals surface area contributed by atoms with E-state index in [0.717, 1.165) is 6.66 Å². The lowest BCUT2D eigenvalue weighted by Gasteiger charge is -2.10. The maximum Gasteiger partial charge on any atom is 0.327 e. The first-order valence-corrected chi connectivity index (χ1v) is 10.1. The van der Waals surface area contributed by atoms with E-state index in [0.29, 0.717) is 11.4 Å².